The van der Waals surface area contributed by atoms with Crippen molar-refractivity contribution in [3.05, 3.63) is 48.6 Å². The van der Waals surface area contributed by atoms with Gasteiger partial charge in [-0.2, -0.15) is 0 Å². The molecule has 0 aliphatic heterocycles. The third-order valence-electron chi connectivity index (χ3n) is 5.21. The van der Waals surface area contributed by atoms with Crippen LogP contribution in [0.25, 0.3) is 0 Å². The lowest BCUT2D eigenvalue weighted by Crippen LogP contribution is -2.43. The van der Waals surface area contributed by atoms with E-state index in [0.29, 0.717) is 0 Å². The minimum Gasteiger partial charge on any atom is -0.458 e. The molecular formula is C25H39NO4. The van der Waals surface area contributed by atoms with E-state index in [0.717, 1.165) is 31.2 Å². The fourth-order valence-electron chi connectivity index (χ4n) is 3.55. The zero-order valence-corrected chi connectivity index (χ0v) is 18.9. The first-order valence-electron chi connectivity index (χ1n) is 11.2. The van der Waals surface area contributed by atoms with Gasteiger partial charge in [-0.3, -0.25) is 4.79 Å². The average Bonchev–Trinajstić information content (AvgIpc) is 2.72. The number of hydrogen-bond donors (Lipinski definition) is 1. The average molecular weight is 418 g/mol. The van der Waals surface area contributed by atoms with E-state index in [1.165, 1.54) is 46.1 Å². The van der Waals surface area contributed by atoms with Crippen LogP contribution in [-0.4, -0.2) is 31.1 Å². The number of carbonyl (C=O) groups is 2. The fraction of sp³-hybridized carbons (Fsp3) is 0.600. The molecule has 0 aromatic heterocycles. The molecule has 1 aromatic carbocycles. The molecule has 0 aliphatic rings. The molecule has 0 saturated heterocycles. The number of nitrogens with one attached hydrogen (secondary N) is 1. The predicted octanol–water partition coefficient (Wildman–Crippen LogP) is 5.51. The van der Waals surface area contributed by atoms with Crippen LogP contribution in [0.1, 0.15) is 83.3 Å². The maximum atomic E-state index is 12.8. The van der Waals surface area contributed by atoms with E-state index in [4.69, 9.17) is 9.47 Å². The lowest BCUT2D eigenvalue weighted by molar-refractivity contribution is -0.163. The molecule has 0 radical (unpaired) electrons. The molecule has 5 nitrogen and oxygen atoms in total. The number of esters is 1. The van der Waals surface area contributed by atoms with Crippen molar-refractivity contribution in [1.29, 1.82) is 0 Å². The number of methoxy groups -OCH3 is 1. The highest BCUT2D eigenvalue weighted by Gasteiger charge is 2.28. The first-order chi connectivity index (χ1) is 14.5. The van der Waals surface area contributed by atoms with Crippen LogP contribution in [-0.2, 0) is 19.1 Å². The highest BCUT2D eigenvalue weighted by molar-refractivity contribution is 5.77. The van der Waals surface area contributed by atoms with Crippen LogP contribution in [0.4, 0.5) is 0 Å². The summed E-state index contributed by atoms with van der Waals surface area (Å²) in [6.45, 7) is 7.11. The molecule has 5 heteroatoms. The Labute approximate surface area is 182 Å². The van der Waals surface area contributed by atoms with Gasteiger partial charge in [-0.05, 0) is 38.2 Å². The zero-order valence-electron chi connectivity index (χ0n) is 18.9. The summed E-state index contributed by atoms with van der Waals surface area (Å²) >= 11 is 0. The highest BCUT2D eigenvalue weighted by Crippen LogP contribution is 2.21. The van der Waals surface area contributed by atoms with E-state index in [9.17, 15) is 9.59 Å². The summed E-state index contributed by atoms with van der Waals surface area (Å²) in [6.07, 6.45) is 10.8. The first-order valence-corrected chi connectivity index (χ1v) is 11.2. The topological polar surface area (TPSA) is 64.6 Å². The second kappa shape index (κ2) is 15.7. The SMILES string of the molecule is C=CCCCCCCCCC[C@@H](OC(=O)[C@H](OC)c1ccccc1)[C@H](C)NC(C)=O. The predicted molar refractivity (Wildman–Crippen MR) is 121 cm³/mol. The molecule has 0 spiro atoms. The van der Waals surface area contributed by atoms with Gasteiger partial charge in [0, 0.05) is 14.0 Å². The number of ether oxygens (including phenoxy) is 2. The van der Waals surface area contributed by atoms with E-state index < -0.39 is 12.1 Å². The Morgan fingerprint density at radius 3 is 2.20 bits per heavy atom. The normalized spacial score (nSPS) is 13.8. The quantitative estimate of drug-likeness (QED) is 0.219. The molecule has 1 aromatic rings. The van der Waals surface area contributed by atoms with Gasteiger partial charge in [-0.15, -0.1) is 6.58 Å². The van der Waals surface area contributed by atoms with Crippen LogP contribution in [0.15, 0.2) is 43.0 Å². The van der Waals surface area contributed by atoms with Gasteiger partial charge in [0.25, 0.3) is 0 Å². The standard InChI is InChI=1S/C25H39NO4/c1-5-6-7-8-9-10-11-12-16-19-23(20(2)26-21(3)27)30-25(28)24(29-4)22-17-14-13-15-18-22/h5,13-15,17-18,20,23-24H,1,6-12,16,19H2,2-4H3,(H,26,27)/t20-,23+,24+/m0/s1. The molecule has 0 unspecified atom stereocenters. The molecule has 1 rings (SSSR count). The molecule has 30 heavy (non-hydrogen) atoms. The van der Waals surface area contributed by atoms with Crippen molar-refractivity contribution < 1.29 is 19.1 Å². The van der Waals surface area contributed by atoms with Gasteiger partial charge in [-0.25, -0.2) is 4.79 Å². The first kappa shape index (κ1) is 25.9. The Morgan fingerprint density at radius 1 is 1.03 bits per heavy atom. The number of hydrogen-bond acceptors (Lipinski definition) is 4. The van der Waals surface area contributed by atoms with Gasteiger partial charge in [0.15, 0.2) is 6.10 Å². The Kier molecular flexibility index (Phi) is 13.5. The van der Waals surface area contributed by atoms with Gasteiger partial charge in [0.2, 0.25) is 5.91 Å². The molecule has 0 heterocycles. The molecular weight excluding hydrogens is 378 g/mol. The van der Waals surface area contributed by atoms with Gasteiger partial charge >= 0.3 is 5.97 Å². The smallest absolute Gasteiger partial charge is 0.340 e. The summed E-state index contributed by atoms with van der Waals surface area (Å²) < 4.78 is 11.2. The van der Waals surface area contributed by atoms with Gasteiger partial charge in [0.05, 0.1) is 6.04 Å². The third-order valence-corrected chi connectivity index (χ3v) is 5.21. The number of carbonyl (C=O) groups excluding carboxylic acids is 2. The number of unbranched alkanes of at least 4 members (excludes halogenated alkanes) is 7. The monoisotopic (exact) mass is 417 g/mol. The Morgan fingerprint density at radius 2 is 1.63 bits per heavy atom. The molecule has 0 saturated carbocycles. The fourth-order valence-corrected chi connectivity index (χ4v) is 3.55. The van der Waals surface area contributed by atoms with E-state index in [2.05, 4.69) is 11.9 Å². The summed E-state index contributed by atoms with van der Waals surface area (Å²) in [5.74, 6) is -0.553. The maximum absolute atomic E-state index is 12.8. The van der Waals surface area contributed by atoms with Crippen LogP contribution >= 0.6 is 0 Å². The van der Waals surface area contributed by atoms with Crippen molar-refractivity contribution in [3.63, 3.8) is 0 Å². The highest BCUT2D eigenvalue weighted by atomic mass is 16.6. The van der Waals surface area contributed by atoms with Gasteiger partial charge in [-0.1, -0.05) is 68.5 Å². The van der Waals surface area contributed by atoms with Crippen LogP contribution in [0.5, 0.6) is 0 Å². The van der Waals surface area contributed by atoms with Crippen LogP contribution < -0.4 is 5.32 Å². The number of benzene rings is 1. The van der Waals surface area contributed by atoms with Crippen molar-refractivity contribution in [2.45, 2.75) is 89.9 Å². The van der Waals surface area contributed by atoms with E-state index >= 15 is 0 Å². The van der Waals surface area contributed by atoms with E-state index in [-0.39, 0.29) is 18.1 Å². The van der Waals surface area contributed by atoms with Crippen molar-refractivity contribution in [1.82, 2.24) is 5.32 Å². The molecule has 3 atom stereocenters. The summed E-state index contributed by atoms with van der Waals surface area (Å²) in [5.41, 5.74) is 0.757. The molecule has 0 fully saturated rings. The molecule has 1 amide bonds. The second-order valence-electron chi connectivity index (χ2n) is 7.83. The summed E-state index contributed by atoms with van der Waals surface area (Å²) in [6, 6.07) is 9.06. The summed E-state index contributed by atoms with van der Waals surface area (Å²) in [4.78, 5) is 24.3. The number of allylic oxidation sites excluding steroid dienone is 1. The molecule has 0 aliphatic carbocycles. The molecule has 168 valence electrons. The lowest BCUT2D eigenvalue weighted by Gasteiger charge is -2.26. The Bertz CT molecular complexity index is 617. The number of amides is 1. The lowest BCUT2D eigenvalue weighted by atomic mass is 10.0. The van der Waals surface area contributed by atoms with Crippen LogP contribution in [0, 0.1) is 0 Å². The Balaban J connectivity index is 2.53. The van der Waals surface area contributed by atoms with E-state index in [1.54, 1.807) is 0 Å². The maximum Gasteiger partial charge on any atom is 0.340 e. The van der Waals surface area contributed by atoms with Crippen molar-refractivity contribution in [3.8, 4) is 0 Å². The zero-order chi connectivity index (χ0) is 22.2. The van der Waals surface area contributed by atoms with Crippen LogP contribution in [0.2, 0.25) is 0 Å². The number of rotatable bonds is 16. The van der Waals surface area contributed by atoms with Crippen molar-refractivity contribution in [2.24, 2.45) is 0 Å². The summed E-state index contributed by atoms with van der Waals surface area (Å²) in [7, 11) is 1.50. The van der Waals surface area contributed by atoms with Crippen molar-refractivity contribution in [2.75, 3.05) is 7.11 Å². The minimum atomic E-state index is -0.770. The van der Waals surface area contributed by atoms with Crippen LogP contribution in [0.3, 0.4) is 0 Å². The van der Waals surface area contributed by atoms with E-state index in [1.807, 2.05) is 43.3 Å². The largest absolute Gasteiger partial charge is 0.458 e. The molecule has 0 bridgehead atoms. The van der Waals surface area contributed by atoms with Crippen molar-refractivity contribution >= 4 is 11.9 Å². The second-order valence-corrected chi connectivity index (χ2v) is 7.83. The third kappa shape index (κ3) is 10.6. The Hall–Kier alpha value is -2.14. The molecule has 1 N–H and O–H groups in total. The summed E-state index contributed by atoms with van der Waals surface area (Å²) in [5, 5.41) is 2.86. The van der Waals surface area contributed by atoms with Gasteiger partial charge < -0.3 is 14.8 Å². The van der Waals surface area contributed by atoms with Gasteiger partial charge in [0.1, 0.15) is 6.10 Å². The minimum absolute atomic E-state index is 0.130.